The van der Waals surface area contributed by atoms with E-state index in [4.69, 9.17) is 5.11 Å². The van der Waals surface area contributed by atoms with Crippen molar-refractivity contribution in [1.82, 2.24) is 5.32 Å². The number of hydrogen-bond acceptors (Lipinski definition) is 3. The molecule has 0 unspecified atom stereocenters. The Bertz CT molecular complexity index is 519. The van der Waals surface area contributed by atoms with E-state index in [1.54, 1.807) is 23.5 Å². The molecule has 0 saturated carbocycles. The van der Waals surface area contributed by atoms with Gasteiger partial charge in [0.15, 0.2) is 0 Å². The lowest BCUT2D eigenvalue weighted by Crippen LogP contribution is -2.11. The number of thiophene rings is 1. The summed E-state index contributed by atoms with van der Waals surface area (Å²) in [5.74, 6) is -0.859. The topological polar surface area (TPSA) is 49.3 Å². The van der Waals surface area contributed by atoms with E-state index >= 15 is 0 Å². The quantitative estimate of drug-likeness (QED) is 0.856. The van der Waals surface area contributed by atoms with Gasteiger partial charge >= 0.3 is 5.97 Å². The van der Waals surface area contributed by atoms with Gasteiger partial charge in [-0.05, 0) is 29.6 Å². The third kappa shape index (κ3) is 1.94. The van der Waals surface area contributed by atoms with Gasteiger partial charge in [0.05, 0.1) is 5.56 Å². The van der Waals surface area contributed by atoms with Crippen molar-refractivity contribution in [3.63, 3.8) is 0 Å². The van der Waals surface area contributed by atoms with Gasteiger partial charge in [0.25, 0.3) is 0 Å². The average Bonchev–Trinajstić information content (AvgIpc) is 2.69. The Hall–Kier alpha value is -1.39. The molecule has 0 fully saturated rings. The molecule has 0 atom stereocenters. The van der Waals surface area contributed by atoms with Gasteiger partial charge in [0.1, 0.15) is 0 Å². The molecular weight excluding hydrogens is 222 g/mol. The van der Waals surface area contributed by atoms with Crippen molar-refractivity contribution in [2.75, 3.05) is 6.54 Å². The van der Waals surface area contributed by atoms with Crippen molar-refractivity contribution < 1.29 is 9.90 Å². The Labute approximate surface area is 97.7 Å². The molecule has 0 spiro atoms. The van der Waals surface area contributed by atoms with E-state index in [0.717, 1.165) is 28.7 Å². The number of benzene rings is 1. The van der Waals surface area contributed by atoms with Crippen LogP contribution in [0.3, 0.4) is 0 Å². The fourth-order valence-corrected chi connectivity index (χ4v) is 2.71. The van der Waals surface area contributed by atoms with Crippen LogP contribution in [0.2, 0.25) is 0 Å². The summed E-state index contributed by atoms with van der Waals surface area (Å²) in [6, 6.07) is 5.41. The maximum atomic E-state index is 11.1. The highest BCUT2D eigenvalue weighted by Crippen LogP contribution is 2.29. The first-order valence-corrected chi connectivity index (χ1v) is 6.05. The lowest BCUT2D eigenvalue weighted by molar-refractivity contribution is 0.0699. The second kappa shape index (κ2) is 4.63. The van der Waals surface area contributed by atoms with Crippen LogP contribution in [-0.2, 0) is 6.54 Å². The zero-order valence-electron chi connectivity index (χ0n) is 8.99. The highest BCUT2D eigenvalue weighted by Gasteiger charge is 2.12. The molecule has 16 heavy (non-hydrogen) atoms. The fraction of sp³-hybridized carbons (Fsp3) is 0.250. The van der Waals surface area contributed by atoms with Gasteiger partial charge in [-0.2, -0.15) is 0 Å². The van der Waals surface area contributed by atoms with Gasteiger partial charge in [0, 0.05) is 16.6 Å². The van der Waals surface area contributed by atoms with Crippen LogP contribution >= 0.6 is 11.3 Å². The Morgan fingerprint density at radius 3 is 3.00 bits per heavy atom. The van der Waals surface area contributed by atoms with Gasteiger partial charge < -0.3 is 10.4 Å². The van der Waals surface area contributed by atoms with Gasteiger partial charge in [0.2, 0.25) is 0 Å². The van der Waals surface area contributed by atoms with E-state index in [1.807, 2.05) is 18.4 Å². The molecule has 2 N–H and O–H groups in total. The van der Waals surface area contributed by atoms with Crippen molar-refractivity contribution >= 4 is 27.4 Å². The van der Waals surface area contributed by atoms with Crippen molar-refractivity contribution in [1.29, 1.82) is 0 Å². The molecule has 0 aliphatic rings. The number of rotatable bonds is 4. The molecule has 1 aromatic carbocycles. The maximum absolute atomic E-state index is 11.1. The normalized spacial score (nSPS) is 10.8. The van der Waals surface area contributed by atoms with E-state index in [2.05, 4.69) is 5.32 Å². The first-order valence-electron chi connectivity index (χ1n) is 5.17. The molecule has 0 saturated heterocycles. The summed E-state index contributed by atoms with van der Waals surface area (Å²) < 4.78 is 1.04. The van der Waals surface area contributed by atoms with E-state index in [0.29, 0.717) is 5.56 Å². The number of aromatic carboxylic acids is 1. The Morgan fingerprint density at radius 2 is 2.31 bits per heavy atom. The zero-order chi connectivity index (χ0) is 11.5. The Morgan fingerprint density at radius 1 is 1.50 bits per heavy atom. The predicted molar refractivity (Wildman–Crippen MR) is 66.2 cm³/mol. The zero-order valence-corrected chi connectivity index (χ0v) is 9.80. The molecule has 0 aliphatic carbocycles. The van der Waals surface area contributed by atoms with Crippen molar-refractivity contribution in [2.45, 2.75) is 13.5 Å². The van der Waals surface area contributed by atoms with Gasteiger partial charge in [-0.3, -0.25) is 0 Å². The second-order valence-corrected chi connectivity index (χ2v) is 4.44. The highest BCUT2D eigenvalue weighted by atomic mass is 32.1. The second-order valence-electron chi connectivity index (χ2n) is 3.53. The number of hydrogen-bond donors (Lipinski definition) is 2. The average molecular weight is 235 g/mol. The van der Waals surface area contributed by atoms with Crippen LogP contribution < -0.4 is 5.32 Å². The lowest BCUT2D eigenvalue weighted by Gasteiger charge is -2.03. The number of fused-ring (bicyclic) bond motifs is 1. The molecule has 4 heteroatoms. The lowest BCUT2D eigenvalue weighted by atomic mass is 10.1. The molecule has 2 rings (SSSR count). The third-order valence-electron chi connectivity index (χ3n) is 2.47. The summed E-state index contributed by atoms with van der Waals surface area (Å²) in [7, 11) is 0. The molecular formula is C12H13NO2S. The standard InChI is InChI=1S/C12H13NO2S/c1-2-13-6-8-7-16-10-5-3-4-9(11(8)10)12(14)15/h3-5,7,13H,2,6H2,1H3,(H,14,15). The minimum absolute atomic E-state index is 0.395. The monoisotopic (exact) mass is 235 g/mol. The van der Waals surface area contributed by atoms with Crippen LogP contribution in [0.15, 0.2) is 23.6 Å². The fourth-order valence-electron chi connectivity index (χ4n) is 1.72. The number of carboxylic acids is 1. The van der Waals surface area contributed by atoms with E-state index in [9.17, 15) is 4.79 Å². The number of carboxylic acid groups (broad SMARTS) is 1. The van der Waals surface area contributed by atoms with Crippen LogP contribution in [0.1, 0.15) is 22.8 Å². The largest absolute Gasteiger partial charge is 0.478 e. The molecule has 2 aromatic rings. The molecule has 1 heterocycles. The predicted octanol–water partition coefficient (Wildman–Crippen LogP) is 2.71. The van der Waals surface area contributed by atoms with E-state index in [-0.39, 0.29) is 0 Å². The van der Waals surface area contributed by atoms with Crippen molar-refractivity contribution in [3.8, 4) is 0 Å². The minimum atomic E-state index is -0.859. The summed E-state index contributed by atoms with van der Waals surface area (Å²) in [6.45, 7) is 3.64. The SMILES string of the molecule is CCNCc1csc2cccc(C(=O)O)c12. The summed E-state index contributed by atoms with van der Waals surface area (Å²) in [6.07, 6.45) is 0. The van der Waals surface area contributed by atoms with Crippen LogP contribution in [-0.4, -0.2) is 17.6 Å². The molecule has 0 radical (unpaired) electrons. The van der Waals surface area contributed by atoms with E-state index < -0.39 is 5.97 Å². The van der Waals surface area contributed by atoms with Crippen LogP contribution in [0.5, 0.6) is 0 Å². The molecule has 84 valence electrons. The van der Waals surface area contributed by atoms with Crippen LogP contribution in [0.25, 0.3) is 10.1 Å². The minimum Gasteiger partial charge on any atom is -0.478 e. The summed E-state index contributed by atoms with van der Waals surface area (Å²) >= 11 is 1.59. The number of nitrogens with one attached hydrogen (secondary N) is 1. The Balaban J connectivity index is 2.54. The highest BCUT2D eigenvalue weighted by molar-refractivity contribution is 7.17. The number of carbonyl (C=O) groups is 1. The third-order valence-corrected chi connectivity index (χ3v) is 3.47. The Kier molecular flexibility index (Phi) is 3.22. The van der Waals surface area contributed by atoms with E-state index in [1.165, 1.54) is 0 Å². The first-order chi connectivity index (χ1) is 7.74. The molecule has 0 amide bonds. The summed E-state index contributed by atoms with van der Waals surface area (Å²) in [4.78, 5) is 11.1. The van der Waals surface area contributed by atoms with Crippen molar-refractivity contribution in [3.05, 3.63) is 34.7 Å². The molecule has 1 aromatic heterocycles. The van der Waals surface area contributed by atoms with Crippen LogP contribution in [0.4, 0.5) is 0 Å². The van der Waals surface area contributed by atoms with Crippen LogP contribution in [0, 0.1) is 0 Å². The summed E-state index contributed by atoms with van der Waals surface area (Å²) in [5, 5.41) is 15.3. The molecule has 0 bridgehead atoms. The van der Waals surface area contributed by atoms with Gasteiger partial charge in [-0.15, -0.1) is 11.3 Å². The van der Waals surface area contributed by atoms with Gasteiger partial charge in [-0.1, -0.05) is 13.0 Å². The maximum Gasteiger partial charge on any atom is 0.336 e. The van der Waals surface area contributed by atoms with Gasteiger partial charge in [-0.25, -0.2) is 4.79 Å². The molecule has 0 aliphatic heterocycles. The first kappa shape index (κ1) is 11.1. The summed E-state index contributed by atoms with van der Waals surface area (Å²) in [5.41, 5.74) is 1.46. The smallest absolute Gasteiger partial charge is 0.336 e. The van der Waals surface area contributed by atoms with Crippen molar-refractivity contribution in [2.24, 2.45) is 0 Å². The molecule has 3 nitrogen and oxygen atoms in total.